The van der Waals surface area contributed by atoms with E-state index in [0.29, 0.717) is 12.3 Å². The average molecular weight is 250 g/mol. The molecule has 2 fully saturated rings. The van der Waals surface area contributed by atoms with Crippen molar-refractivity contribution in [2.75, 3.05) is 6.61 Å². The molecule has 0 aliphatic heterocycles. The Hall–Kier alpha value is -0.670. The second-order valence-corrected chi connectivity index (χ2v) is 7.00. The first-order valence-corrected chi connectivity index (χ1v) is 6.87. The van der Waals surface area contributed by atoms with Crippen LogP contribution in [0.25, 0.3) is 0 Å². The quantitative estimate of drug-likeness (QED) is 0.742. The van der Waals surface area contributed by atoms with Crippen molar-refractivity contribution in [1.29, 1.82) is 0 Å². The Bertz CT molecular complexity index is 441. The highest BCUT2D eigenvalue weighted by Gasteiger charge is 2.70. The molecule has 0 spiro atoms. The molecule has 0 aromatic rings. The molecule has 0 saturated heterocycles. The SMILES string of the molecule is CC1=CC(=O)[C@@H]2[C@@H]3[C@H]1[C@@]2(C)CC[C@@H](O)[C@]3(C)CO. The van der Waals surface area contributed by atoms with E-state index in [9.17, 15) is 15.0 Å². The largest absolute Gasteiger partial charge is 0.396 e. The number of aliphatic hydroxyl groups excluding tert-OH is 2. The lowest BCUT2D eigenvalue weighted by atomic mass is 9.38. The van der Waals surface area contributed by atoms with Gasteiger partial charge < -0.3 is 10.2 Å². The molecule has 18 heavy (non-hydrogen) atoms. The Morgan fingerprint density at radius 3 is 2.61 bits per heavy atom. The smallest absolute Gasteiger partial charge is 0.159 e. The van der Waals surface area contributed by atoms with Crippen molar-refractivity contribution in [3.63, 3.8) is 0 Å². The van der Waals surface area contributed by atoms with E-state index in [1.165, 1.54) is 0 Å². The van der Waals surface area contributed by atoms with Crippen LogP contribution in [0.1, 0.15) is 33.6 Å². The van der Waals surface area contributed by atoms with Crippen LogP contribution in [-0.4, -0.2) is 28.7 Å². The zero-order valence-corrected chi connectivity index (χ0v) is 11.3. The molecule has 0 amide bonds. The predicted octanol–water partition coefficient (Wildman–Crippen LogP) is 1.54. The molecule has 4 aliphatic rings. The summed E-state index contributed by atoms with van der Waals surface area (Å²) >= 11 is 0. The molecule has 4 aliphatic carbocycles. The van der Waals surface area contributed by atoms with Crippen LogP contribution in [0, 0.1) is 28.6 Å². The fraction of sp³-hybridized carbons (Fsp3) is 0.800. The highest BCUT2D eigenvalue weighted by molar-refractivity contribution is 5.96. The summed E-state index contributed by atoms with van der Waals surface area (Å²) in [5, 5.41) is 20.1. The van der Waals surface area contributed by atoms with Gasteiger partial charge in [0.1, 0.15) is 0 Å². The molecule has 2 saturated carbocycles. The van der Waals surface area contributed by atoms with E-state index in [1.807, 2.05) is 13.8 Å². The van der Waals surface area contributed by atoms with Crippen LogP contribution in [0.3, 0.4) is 0 Å². The number of allylic oxidation sites excluding steroid dienone is 2. The zero-order chi connectivity index (χ0) is 13.3. The van der Waals surface area contributed by atoms with Crippen molar-refractivity contribution in [2.24, 2.45) is 28.6 Å². The first-order chi connectivity index (χ1) is 8.36. The number of carbonyl (C=O) groups is 1. The summed E-state index contributed by atoms with van der Waals surface area (Å²) in [5.74, 6) is 0.675. The van der Waals surface area contributed by atoms with Gasteiger partial charge in [0.15, 0.2) is 5.78 Å². The van der Waals surface area contributed by atoms with Crippen molar-refractivity contribution >= 4 is 5.78 Å². The van der Waals surface area contributed by atoms with Crippen molar-refractivity contribution in [2.45, 2.75) is 39.7 Å². The number of aliphatic hydroxyl groups is 2. The number of carbonyl (C=O) groups excluding carboxylic acids is 1. The number of hydrogen-bond donors (Lipinski definition) is 2. The van der Waals surface area contributed by atoms with Gasteiger partial charge >= 0.3 is 0 Å². The minimum absolute atomic E-state index is 0.000463. The van der Waals surface area contributed by atoms with Crippen molar-refractivity contribution in [3.05, 3.63) is 11.6 Å². The molecule has 6 atom stereocenters. The van der Waals surface area contributed by atoms with Gasteiger partial charge in [0.05, 0.1) is 12.7 Å². The average Bonchev–Trinajstić information content (AvgIpc) is 2.44. The third-order valence-electron chi connectivity index (χ3n) is 6.13. The first kappa shape index (κ1) is 12.4. The normalized spacial score (nSPS) is 54.5. The Morgan fingerprint density at radius 2 is 2.06 bits per heavy atom. The van der Waals surface area contributed by atoms with Crippen LogP contribution < -0.4 is 0 Å². The summed E-state index contributed by atoms with van der Waals surface area (Å²) in [6.07, 6.45) is 2.85. The summed E-state index contributed by atoms with van der Waals surface area (Å²) in [6.45, 7) is 6.11. The fourth-order valence-electron chi connectivity index (χ4n) is 5.08. The highest BCUT2D eigenvalue weighted by atomic mass is 16.3. The van der Waals surface area contributed by atoms with Crippen LogP contribution in [0.15, 0.2) is 11.6 Å². The number of fused-ring (bicyclic) bond motifs is 1. The Morgan fingerprint density at radius 1 is 1.39 bits per heavy atom. The second kappa shape index (κ2) is 3.45. The molecule has 0 aromatic heterocycles. The standard InChI is InChI=1S/C15H22O3/c1-8-6-9(17)12-13-11(8)14(12,2)5-4-10(18)15(13,3)7-16/h6,10-13,16,18H,4-5,7H2,1-3H3/t10-,11+,12-,13+,14-,15+/m1/s1. The van der Waals surface area contributed by atoms with E-state index in [-0.39, 0.29) is 29.6 Å². The van der Waals surface area contributed by atoms with Gasteiger partial charge in [-0.1, -0.05) is 19.4 Å². The predicted molar refractivity (Wildman–Crippen MR) is 67.8 cm³/mol. The van der Waals surface area contributed by atoms with Crippen LogP contribution in [0.2, 0.25) is 0 Å². The van der Waals surface area contributed by atoms with E-state index in [1.54, 1.807) is 6.08 Å². The fourth-order valence-corrected chi connectivity index (χ4v) is 5.08. The summed E-state index contributed by atoms with van der Waals surface area (Å²) < 4.78 is 0. The Kier molecular flexibility index (Phi) is 2.37. The van der Waals surface area contributed by atoms with Crippen molar-refractivity contribution in [3.8, 4) is 0 Å². The Balaban J connectivity index is 2.13. The second-order valence-electron chi connectivity index (χ2n) is 7.00. The molecule has 0 unspecified atom stereocenters. The minimum atomic E-state index is -0.531. The zero-order valence-electron chi connectivity index (χ0n) is 11.3. The summed E-state index contributed by atoms with van der Waals surface area (Å²) in [5.41, 5.74) is 0.620. The van der Waals surface area contributed by atoms with E-state index in [2.05, 4.69) is 6.92 Å². The lowest BCUT2D eigenvalue weighted by Gasteiger charge is -2.65. The summed E-state index contributed by atoms with van der Waals surface area (Å²) in [7, 11) is 0. The first-order valence-electron chi connectivity index (χ1n) is 6.87. The maximum absolute atomic E-state index is 12.3. The lowest BCUT2D eigenvalue weighted by molar-refractivity contribution is -0.180. The Labute approximate surface area is 108 Å². The molecule has 0 heterocycles. The molecule has 4 rings (SSSR count). The van der Waals surface area contributed by atoms with Crippen LogP contribution in [0.4, 0.5) is 0 Å². The molecule has 2 N–H and O–H groups in total. The molecule has 3 nitrogen and oxygen atoms in total. The van der Waals surface area contributed by atoms with Gasteiger partial charge in [0.2, 0.25) is 0 Å². The van der Waals surface area contributed by atoms with Crippen molar-refractivity contribution in [1.82, 2.24) is 0 Å². The molecule has 0 radical (unpaired) electrons. The molecular formula is C15H22O3. The lowest BCUT2D eigenvalue weighted by Crippen LogP contribution is -2.65. The maximum Gasteiger partial charge on any atom is 0.159 e. The molecule has 100 valence electrons. The molecule has 3 heteroatoms. The van der Waals surface area contributed by atoms with Gasteiger partial charge in [0.25, 0.3) is 0 Å². The summed E-state index contributed by atoms with van der Waals surface area (Å²) in [6, 6.07) is 0. The molecule has 0 aromatic carbocycles. The van der Waals surface area contributed by atoms with Gasteiger partial charge in [-0.25, -0.2) is 0 Å². The number of ketones is 1. The number of hydrogen-bond acceptors (Lipinski definition) is 3. The van der Waals surface area contributed by atoms with Gasteiger partial charge in [-0.3, -0.25) is 4.79 Å². The molecule has 4 bridgehead atoms. The number of rotatable bonds is 1. The highest BCUT2D eigenvalue weighted by Crippen LogP contribution is 2.71. The minimum Gasteiger partial charge on any atom is -0.396 e. The van der Waals surface area contributed by atoms with E-state index < -0.39 is 11.5 Å². The van der Waals surface area contributed by atoms with E-state index >= 15 is 0 Å². The van der Waals surface area contributed by atoms with Gasteiger partial charge in [-0.15, -0.1) is 0 Å². The maximum atomic E-state index is 12.3. The van der Waals surface area contributed by atoms with E-state index in [4.69, 9.17) is 0 Å². The third-order valence-corrected chi connectivity index (χ3v) is 6.13. The van der Waals surface area contributed by atoms with Crippen LogP contribution in [-0.2, 0) is 4.79 Å². The summed E-state index contributed by atoms with van der Waals surface area (Å²) in [4.78, 5) is 12.3. The van der Waals surface area contributed by atoms with Gasteiger partial charge in [-0.2, -0.15) is 0 Å². The van der Waals surface area contributed by atoms with Crippen LogP contribution >= 0.6 is 0 Å². The topological polar surface area (TPSA) is 57.5 Å². The molecular weight excluding hydrogens is 228 g/mol. The van der Waals surface area contributed by atoms with E-state index in [0.717, 1.165) is 12.0 Å². The van der Waals surface area contributed by atoms with Crippen LogP contribution in [0.5, 0.6) is 0 Å². The van der Waals surface area contributed by atoms with Crippen molar-refractivity contribution < 1.29 is 15.0 Å². The van der Waals surface area contributed by atoms with Gasteiger partial charge in [-0.05, 0) is 43.1 Å². The third kappa shape index (κ3) is 1.15. The monoisotopic (exact) mass is 250 g/mol. The van der Waals surface area contributed by atoms with Gasteiger partial charge in [0, 0.05) is 11.3 Å².